The number of aromatic nitrogens is 3. The van der Waals surface area contributed by atoms with E-state index in [2.05, 4.69) is 248 Å². The Kier molecular flexibility index (Phi) is 12.7. The Balaban J connectivity index is 1.10. The minimum atomic E-state index is 0.554. The second-order valence-corrected chi connectivity index (χ2v) is 18.0. The van der Waals surface area contributed by atoms with Crippen molar-refractivity contribution in [3.63, 3.8) is 0 Å². The molecule has 5 nitrogen and oxygen atoms in total. The van der Waals surface area contributed by atoms with Crippen LogP contribution < -0.4 is 9.64 Å². The monoisotopic (exact) mass is 948 g/mol. The molecular weight excluding hydrogens is 901 g/mol. The van der Waals surface area contributed by atoms with Crippen molar-refractivity contribution in [3.8, 4) is 101 Å². The summed E-state index contributed by atoms with van der Waals surface area (Å²) in [4.78, 5) is 18.6. The van der Waals surface area contributed by atoms with E-state index in [-0.39, 0.29) is 0 Å². The average molecular weight is 949 g/mol. The van der Waals surface area contributed by atoms with Crippen molar-refractivity contribution in [1.29, 1.82) is 0 Å². The third-order valence-corrected chi connectivity index (χ3v) is 13.1. The number of hydrogen-bond donors (Lipinski definition) is 0. The summed E-state index contributed by atoms with van der Waals surface area (Å²) in [6.45, 7) is 0. The molecule has 74 heavy (non-hydrogen) atoms. The molecule has 0 saturated carbocycles. The van der Waals surface area contributed by atoms with Gasteiger partial charge in [0.15, 0.2) is 17.5 Å². The Morgan fingerprint density at radius 3 is 1.00 bits per heavy atom. The first kappa shape index (κ1) is 45.2. The van der Waals surface area contributed by atoms with Crippen molar-refractivity contribution in [2.45, 2.75) is 0 Å². The molecule has 1 heterocycles. The summed E-state index contributed by atoms with van der Waals surface area (Å²) >= 11 is 0. The van der Waals surface area contributed by atoms with E-state index < -0.39 is 0 Å². The van der Waals surface area contributed by atoms with Crippen molar-refractivity contribution in [1.82, 2.24) is 15.0 Å². The molecule has 0 spiro atoms. The number of anilines is 3. The van der Waals surface area contributed by atoms with Gasteiger partial charge in [0.2, 0.25) is 0 Å². The van der Waals surface area contributed by atoms with E-state index >= 15 is 0 Å². The van der Waals surface area contributed by atoms with Crippen molar-refractivity contribution in [2.75, 3.05) is 4.90 Å². The van der Waals surface area contributed by atoms with Crippen LogP contribution in [-0.4, -0.2) is 15.0 Å². The molecule has 0 aliphatic rings. The maximum Gasteiger partial charge on any atom is 0.164 e. The molecule has 0 fully saturated rings. The fraction of sp³-hybridized carbons (Fsp3) is 0. The van der Waals surface area contributed by atoms with Gasteiger partial charge >= 0.3 is 0 Å². The van der Waals surface area contributed by atoms with Gasteiger partial charge in [-0.1, -0.05) is 212 Å². The Morgan fingerprint density at radius 2 is 0.541 bits per heavy atom. The van der Waals surface area contributed by atoms with Crippen LogP contribution in [0.3, 0.4) is 0 Å². The molecule has 0 atom stereocenters. The standard InChI is InChI=1S/C69H48N4O/c1-8-22-49(23-9-1)52-36-38-55(39-37-52)67-70-68(58-45-56(50-24-10-2-11-25-50)44-57(46-58)51-26-12-3-13-27-51)72-69(71-67)59-47-64(53-28-14-4-15-29-53)66(65(48-59)54-30-16-5-17-31-54)73(60-32-18-6-19-33-60)61-40-42-63(43-41-61)74-62-34-20-7-21-35-62/h1-48H. The molecule has 0 bridgehead atoms. The molecule has 0 radical (unpaired) electrons. The van der Waals surface area contributed by atoms with Crippen LogP contribution in [0.15, 0.2) is 291 Å². The average Bonchev–Trinajstić information content (AvgIpc) is 3.49. The zero-order valence-corrected chi connectivity index (χ0v) is 40.4. The highest BCUT2D eigenvalue weighted by Gasteiger charge is 2.25. The number of benzene rings is 11. The van der Waals surface area contributed by atoms with Crippen LogP contribution in [0.4, 0.5) is 17.1 Å². The summed E-state index contributed by atoms with van der Waals surface area (Å²) in [6.07, 6.45) is 0. The van der Waals surface area contributed by atoms with Crippen molar-refractivity contribution >= 4 is 17.1 Å². The summed E-state index contributed by atoms with van der Waals surface area (Å²) in [5.74, 6) is 3.23. The normalized spacial score (nSPS) is 11.0. The molecule has 1 aromatic heterocycles. The highest BCUT2D eigenvalue weighted by molar-refractivity contribution is 6.00. The molecule has 0 amide bonds. The summed E-state index contributed by atoms with van der Waals surface area (Å²) < 4.78 is 6.30. The second kappa shape index (κ2) is 20.8. The van der Waals surface area contributed by atoms with Gasteiger partial charge in [-0.15, -0.1) is 0 Å². The third kappa shape index (κ3) is 9.74. The van der Waals surface area contributed by atoms with Crippen LogP contribution in [0.2, 0.25) is 0 Å². The molecule has 12 aromatic rings. The van der Waals surface area contributed by atoms with Crippen LogP contribution >= 0.6 is 0 Å². The Labute approximate surface area is 432 Å². The van der Waals surface area contributed by atoms with E-state index in [0.717, 1.165) is 101 Å². The first-order chi connectivity index (χ1) is 36.7. The zero-order valence-electron chi connectivity index (χ0n) is 40.4. The zero-order chi connectivity index (χ0) is 49.5. The second-order valence-electron chi connectivity index (χ2n) is 18.0. The largest absolute Gasteiger partial charge is 0.457 e. The van der Waals surface area contributed by atoms with E-state index in [1.54, 1.807) is 0 Å². The Bertz CT molecular complexity index is 3690. The van der Waals surface area contributed by atoms with Gasteiger partial charge in [-0.05, 0) is 123 Å². The maximum absolute atomic E-state index is 6.30. The van der Waals surface area contributed by atoms with Crippen LogP contribution in [-0.2, 0) is 0 Å². The van der Waals surface area contributed by atoms with Crippen molar-refractivity contribution in [3.05, 3.63) is 291 Å². The molecule has 0 aliphatic heterocycles. The fourth-order valence-electron chi connectivity index (χ4n) is 9.51. The smallest absolute Gasteiger partial charge is 0.164 e. The van der Waals surface area contributed by atoms with Gasteiger partial charge in [0, 0.05) is 39.2 Å². The highest BCUT2D eigenvalue weighted by atomic mass is 16.5. The van der Waals surface area contributed by atoms with E-state index in [9.17, 15) is 0 Å². The number of nitrogens with zero attached hydrogens (tertiary/aromatic N) is 4. The van der Waals surface area contributed by atoms with E-state index in [1.165, 1.54) is 0 Å². The summed E-state index contributed by atoms with van der Waals surface area (Å²) in [5, 5.41) is 0. The van der Waals surface area contributed by atoms with Crippen LogP contribution in [0.1, 0.15) is 0 Å². The molecule has 350 valence electrons. The van der Waals surface area contributed by atoms with Crippen molar-refractivity contribution in [2.24, 2.45) is 0 Å². The van der Waals surface area contributed by atoms with Gasteiger partial charge in [-0.2, -0.15) is 0 Å². The molecule has 0 unspecified atom stereocenters. The molecular formula is C69H48N4O. The van der Waals surface area contributed by atoms with Gasteiger partial charge in [0.25, 0.3) is 0 Å². The van der Waals surface area contributed by atoms with E-state index in [4.69, 9.17) is 19.7 Å². The summed E-state index contributed by atoms with van der Waals surface area (Å²) in [5.41, 5.74) is 16.3. The van der Waals surface area contributed by atoms with Crippen LogP contribution in [0, 0.1) is 0 Å². The molecule has 5 heteroatoms. The molecule has 11 aromatic carbocycles. The lowest BCUT2D eigenvalue weighted by molar-refractivity contribution is 0.483. The topological polar surface area (TPSA) is 51.1 Å². The number of rotatable bonds is 13. The highest BCUT2D eigenvalue weighted by Crippen LogP contribution is 2.49. The summed E-state index contributed by atoms with van der Waals surface area (Å²) in [7, 11) is 0. The van der Waals surface area contributed by atoms with Gasteiger partial charge in [0.1, 0.15) is 11.5 Å². The molecule has 0 saturated heterocycles. The van der Waals surface area contributed by atoms with Gasteiger partial charge in [0.05, 0.1) is 5.69 Å². The fourth-order valence-corrected chi connectivity index (χ4v) is 9.51. The van der Waals surface area contributed by atoms with E-state index in [0.29, 0.717) is 17.5 Å². The number of para-hydroxylation sites is 2. The first-order valence-corrected chi connectivity index (χ1v) is 24.8. The van der Waals surface area contributed by atoms with Gasteiger partial charge < -0.3 is 9.64 Å². The third-order valence-electron chi connectivity index (χ3n) is 13.1. The molecule has 0 N–H and O–H groups in total. The lowest BCUT2D eigenvalue weighted by Crippen LogP contribution is -2.13. The number of ether oxygens (including phenoxy) is 1. The first-order valence-electron chi connectivity index (χ1n) is 24.8. The van der Waals surface area contributed by atoms with Gasteiger partial charge in [-0.3, -0.25) is 0 Å². The molecule has 12 rings (SSSR count). The predicted octanol–water partition coefficient (Wildman–Crippen LogP) is 18.5. The van der Waals surface area contributed by atoms with E-state index in [1.807, 2.05) is 48.5 Å². The van der Waals surface area contributed by atoms with Crippen LogP contribution in [0.5, 0.6) is 11.5 Å². The lowest BCUT2D eigenvalue weighted by Gasteiger charge is -2.31. The van der Waals surface area contributed by atoms with Crippen LogP contribution in [0.25, 0.3) is 89.8 Å². The Hall–Kier alpha value is -9.97. The minimum Gasteiger partial charge on any atom is -0.457 e. The quantitative estimate of drug-likeness (QED) is 0.115. The maximum atomic E-state index is 6.30. The van der Waals surface area contributed by atoms with Gasteiger partial charge in [-0.25, -0.2) is 15.0 Å². The Morgan fingerprint density at radius 1 is 0.230 bits per heavy atom. The predicted molar refractivity (Wildman–Crippen MR) is 305 cm³/mol. The van der Waals surface area contributed by atoms with Crippen molar-refractivity contribution < 1.29 is 4.74 Å². The molecule has 0 aliphatic carbocycles. The lowest BCUT2D eigenvalue weighted by atomic mass is 9.91. The summed E-state index contributed by atoms with van der Waals surface area (Å²) in [6, 6.07) is 101. The SMILES string of the molecule is c1ccc(Oc2ccc(N(c3ccccc3)c3c(-c4ccccc4)cc(-c4nc(-c5ccc(-c6ccccc6)cc5)nc(-c5cc(-c6ccccc6)cc(-c6ccccc6)c5)n4)cc3-c3ccccc3)cc2)cc1. The minimum absolute atomic E-state index is 0.554. The number of hydrogen-bond acceptors (Lipinski definition) is 5.